The second kappa shape index (κ2) is 5.68. The van der Waals surface area contributed by atoms with Gasteiger partial charge >= 0.3 is 0 Å². The van der Waals surface area contributed by atoms with Crippen molar-refractivity contribution in [1.29, 1.82) is 0 Å². The highest BCUT2D eigenvalue weighted by atomic mass is 16.5. The second-order valence-corrected chi connectivity index (χ2v) is 5.97. The molecule has 2 heterocycles. The van der Waals surface area contributed by atoms with Gasteiger partial charge in [-0.1, -0.05) is 0 Å². The van der Waals surface area contributed by atoms with Crippen molar-refractivity contribution in [2.75, 3.05) is 26.3 Å². The molecule has 0 aromatic rings. The second-order valence-electron chi connectivity index (χ2n) is 5.97. The van der Waals surface area contributed by atoms with Crippen molar-refractivity contribution in [1.82, 2.24) is 4.90 Å². The van der Waals surface area contributed by atoms with Crippen LogP contribution >= 0.6 is 0 Å². The first-order chi connectivity index (χ1) is 8.12. The van der Waals surface area contributed by atoms with Gasteiger partial charge in [-0.15, -0.1) is 0 Å². The van der Waals surface area contributed by atoms with Gasteiger partial charge in [0.1, 0.15) is 0 Å². The number of rotatable bonds is 2. The number of ether oxygens (including phenoxy) is 1. The van der Waals surface area contributed by atoms with E-state index in [1.54, 1.807) is 0 Å². The monoisotopic (exact) mass is 241 g/mol. The minimum atomic E-state index is -0.423. The van der Waals surface area contributed by atoms with E-state index in [0.29, 0.717) is 12.0 Å². The van der Waals surface area contributed by atoms with Crippen molar-refractivity contribution in [3.63, 3.8) is 0 Å². The Morgan fingerprint density at radius 2 is 1.88 bits per heavy atom. The van der Waals surface area contributed by atoms with Crippen LogP contribution in [0.4, 0.5) is 0 Å². The van der Waals surface area contributed by atoms with Gasteiger partial charge in [0.25, 0.3) is 0 Å². The maximum absolute atomic E-state index is 10.9. The quantitative estimate of drug-likeness (QED) is 0.803. The third kappa shape index (κ3) is 3.21. The summed E-state index contributed by atoms with van der Waals surface area (Å²) in [7, 11) is 0. The molecule has 3 heteroatoms. The summed E-state index contributed by atoms with van der Waals surface area (Å²) in [6.45, 7) is 8.36. The summed E-state index contributed by atoms with van der Waals surface area (Å²) >= 11 is 0. The first-order valence-electron chi connectivity index (χ1n) is 7.16. The molecule has 2 aliphatic rings. The molecular formula is C14H27NO2. The Kier molecular flexibility index (Phi) is 4.45. The topological polar surface area (TPSA) is 32.7 Å². The fourth-order valence-electron chi connectivity index (χ4n) is 3.32. The SMILES string of the molecule is CC(C)N1CCCC(O)(C2CCOCC2)CC1. The van der Waals surface area contributed by atoms with Crippen molar-refractivity contribution in [3.05, 3.63) is 0 Å². The summed E-state index contributed by atoms with van der Waals surface area (Å²) in [5.41, 5.74) is -0.423. The Morgan fingerprint density at radius 3 is 2.53 bits per heavy atom. The van der Waals surface area contributed by atoms with Crippen molar-refractivity contribution < 1.29 is 9.84 Å². The lowest BCUT2D eigenvalue weighted by atomic mass is 9.77. The van der Waals surface area contributed by atoms with Gasteiger partial charge in [-0.3, -0.25) is 0 Å². The molecule has 100 valence electrons. The van der Waals surface area contributed by atoms with Crippen LogP contribution < -0.4 is 0 Å². The van der Waals surface area contributed by atoms with Crippen molar-refractivity contribution in [2.24, 2.45) is 5.92 Å². The largest absolute Gasteiger partial charge is 0.390 e. The molecule has 1 unspecified atom stereocenters. The maximum Gasteiger partial charge on any atom is 0.0690 e. The Bertz CT molecular complexity index is 238. The van der Waals surface area contributed by atoms with E-state index < -0.39 is 5.60 Å². The summed E-state index contributed by atoms with van der Waals surface area (Å²) in [5.74, 6) is 0.461. The molecule has 0 saturated carbocycles. The van der Waals surface area contributed by atoms with Crippen LogP contribution in [0.2, 0.25) is 0 Å². The van der Waals surface area contributed by atoms with E-state index >= 15 is 0 Å². The molecule has 0 aromatic heterocycles. The van der Waals surface area contributed by atoms with E-state index in [-0.39, 0.29) is 0 Å². The van der Waals surface area contributed by atoms with Crippen LogP contribution in [-0.4, -0.2) is 48.0 Å². The molecule has 0 radical (unpaired) electrons. The normalized spacial score (nSPS) is 33.9. The molecular weight excluding hydrogens is 214 g/mol. The van der Waals surface area contributed by atoms with Gasteiger partial charge in [0.2, 0.25) is 0 Å². The number of hydrogen-bond donors (Lipinski definition) is 1. The number of hydrogen-bond acceptors (Lipinski definition) is 3. The molecule has 0 amide bonds. The van der Waals surface area contributed by atoms with Gasteiger partial charge in [0.05, 0.1) is 5.60 Å². The molecule has 0 aliphatic carbocycles. The van der Waals surface area contributed by atoms with Gasteiger partial charge in [0.15, 0.2) is 0 Å². The van der Waals surface area contributed by atoms with Crippen molar-refractivity contribution in [3.8, 4) is 0 Å². The molecule has 0 bridgehead atoms. The highest BCUT2D eigenvalue weighted by molar-refractivity contribution is 4.91. The number of likely N-dealkylation sites (tertiary alicyclic amines) is 1. The molecule has 2 saturated heterocycles. The third-order valence-electron chi connectivity index (χ3n) is 4.60. The molecule has 0 spiro atoms. The number of aliphatic hydroxyl groups is 1. The lowest BCUT2D eigenvalue weighted by molar-refractivity contribution is -0.0739. The maximum atomic E-state index is 10.9. The molecule has 2 fully saturated rings. The van der Waals surface area contributed by atoms with Crippen LogP contribution in [0.25, 0.3) is 0 Å². The van der Waals surface area contributed by atoms with E-state index in [9.17, 15) is 5.11 Å². The minimum Gasteiger partial charge on any atom is -0.390 e. The zero-order valence-corrected chi connectivity index (χ0v) is 11.3. The van der Waals surface area contributed by atoms with Gasteiger partial charge in [-0.05, 0) is 58.4 Å². The Balaban J connectivity index is 1.95. The average molecular weight is 241 g/mol. The van der Waals surface area contributed by atoms with Crippen LogP contribution in [0.5, 0.6) is 0 Å². The molecule has 3 nitrogen and oxygen atoms in total. The standard InChI is InChI=1S/C14H27NO2/c1-12(2)15-8-3-6-14(16,7-9-15)13-4-10-17-11-5-13/h12-13,16H,3-11H2,1-2H3. The van der Waals surface area contributed by atoms with E-state index in [4.69, 9.17) is 4.74 Å². The first kappa shape index (κ1) is 13.3. The van der Waals surface area contributed by atoms with Crippen molar-refractivity contribution >= 4 is 0 Å². The molecule has 1 atom stereocenters. The van der Waals surface area contributed by atoms with Gasteiger partial charge < -0.3 is 14.7 Å². The summed E-state index contributed by atoms with van der Waals surface area (Å²) in [5, 5.41) is 10.9. The molecule has 17 heavy (non-hydrogen) atoms. The zero-order chi connectivity index (χ0) is 12.3. The molecule has 1 N–H and O–H groups in total. The summed E-state index contributed by atoms with van der Waals surface area (Å²) in [6, 6.07) is 0.604. The van der Waals surface area contributed by atoms with Crippen molar-refractivity contribution in [2.45, 2.75) is 57.6 Å². The highest BCUT2D eigenvalue weighted by Gasteiger charge is 2.38. The Morgan fingerprint density at radius 1 is 1.18 bits per heavy atom. The number of nitrogens with zero attached hydrogens (tertiary/aromatic N) is 1. The average Bonchev–Trinajstić information content (AvgIpc) is 2.54. The Labute approximate surface area is 105 Å². The van der Waals surface area contributed by atoms with Crippen LogP contribution in [0.1, 0.15) is 46.0 Å². The van der Waals surface area contributed by atoms with Crippen LogP contribution in [0.3, 0.4) is 0 Å². The van der Waals surface area contributed by atoms with Gasteiger partial charge in [0, 0.05) is 25.8 Å². The lowest BCUT2D eigenvalue weighted by Gasteiger charge is -2.38. The molecule has 2 aliphatic heterocycles. The zero-order valence-electron chi connectivity index (χ0n) is 11.3. The summed E-state index contributed by atoms with van der Waals surface area (Å²) < 4.78 is 5.40. The van der Waals surface area contributed by atoms with Gasteiger partial charge in [-0.25, -0.2) is 0 Å². The highest BCUT2D eigenvalue weighted by Crippen LogP contribution is 2.36. The molecule has 0 aromatic carbocycles. The lowest BCUT2D eigenvalue weighted by Crippen LogP contribution is -2.42. The molecule has 2 rings (SSSR count). The van der Waals surface area contributed by atoms with E-state index in [1.807, 2.05) is 0 Å². The van der Waals surface area contributed by atoms with E-state index in [0.717, 1.165) is 58.4 Å². The third-order valence-corrected chi connectivity index (χ3v) is 4.60. The first-order valence-corrected chi connectivity index (χ1v) is 7.16. The van der Waals surface area contributed by atoms with Gasteiger partial charge in [-0.2, -0.15) is 0 Å². The minimum absolute atomic E-state index is 0.423. The van der Waals surface area contributed by atoms with Crippen LogP contribution in [0, 0.1) is 5.92 Å². The van der Waals surface area contributed by atoms with E-state index in [1.165, 1.54) is 0 Å². The summed E-state index contributed by atoms with van der Waals surface area (Å²) in [6.07, 6.45) is 5.12. The summed E-state index contributed by atoms with van der Waals surface area (Å²) in [4.78, 5) is 2.50. The predicted molar refractivity (Wildman–Crippen MR) is 69.1 cm³/mol. The van der Waals surface area contributed by atoms with Crippen LogP contribution in [-0.2, 0) is 4.74 Å². The fourth-order valence-corrected chi connectivity index (χ4v) is 3.32. The smallest absolute Gasteiger partial charge is 0.0690 e. The van der Waals surface area contributed by atoms with Crippen LogP contribution in [0.15, 0.2) is 0 Å². The fraction of sp³-hybridized carbons (Fsp3) is 1.00. The predicted octanol–water partition coefficient (Wildman–Crippen LogP) is 2.04. The van der Waals surface area contributed by atoms with E-state index in [2.05, 4.69) is 18.7 Å². The Hall–Kier alpha value is -0.120.